The minimum atomic E-state index is -2.28. The molecule has 14 heteroatoms. The minimum Gasteiger partial charge on any atom is -0.497 e. The van der Waals surface area contributed by atoms with Crippen molar-refractivity contribution in [3.8, 4) is 11.5 Å². The summed E-state index contributed by atoms with van der Waals surface area (Å²) in [6.07, 6.45) is -4.07. The van der Waals surface area contributed by atoms with Crippen LogP contribution in [0.3, 0.4) is 0 Å². The summed E-state index contributed by atoms with van der Waals surface area (Å²) < 4.78 is 19.5. The van der Waals surface area contributed by atoms with E-state index in [4.69, 9.17) is 24.7 Å². The standard InChI is InChI=1S/C20H18O10.C11H13N3O/c1-27-13-7-3-11(4-8-13)19(25)29-15(17(21)22)16(18(23)24)30-20(26)12-5-9-14(28-2)10-6-12;1-7-6-10(15)13-14-11(7)8-2-4-9(12)5-3-8/h3-10,15-16H,1-2H3,(H,21,22)(H,23,24);2-5,7H,6,12H2,1H3,(H,13,15)/t15-,16-;7-/m11/s1. The van der Waals surface area contributed by atoms with Crippen LogP contribution in [0.1, 0.15) is 39.6 Å². The summed E-state index contributed by atoms with van der Waals surface area (Å²) in [5.41, 5.74) is 10.7. The van der Waals surface area contributed by atoms with Crippen molar-refractivity contribution in [1.82, 2.24) is 5.43 Å². The first-order valence-corrected chi connectivity index (χ1v) is 13.3. The number of esters is 2. The van der Waals surface area contributed by atoms with E-state index in [-0.39, 0.29) is 23.0 Å². The fourth-order valence-electron chi connectivity index (χ4n) is 3.96. The van der Waals surface area contributed by atoms with E-state index in [0.29, 0.717) is 17.9 Å². The third kappa shape index (κ3) is 9.28. The molecule has 0 fully saturated rings. The van der Waals surface area contributed by atoms with Gasteiger partial charge in [0.1, 0.15) is 11.5 Å². The Kier molecular flexibility index (Phi) is 11.6. The molecule has 1 amide bonds. The molecule has 1 heterocycles. The SMILES string of the molecule is COc1ccc(C(=O)O[C@@H](C(=O)O)[C@@H](OC(=O)c2ccc(OC)cc2)C(=O)O)cc1.C[C@@H]1CC(=O)NN=C1c1ccc(N)cc1. The van der Waals surface area contributed by atoms with Crippen LogP contribution in [-0.4, -0.2) is 72.1 Å². The number of hydrogen-bond donors (Lipinski definition) is 4. The molecule has 3 atom stereocenters. The summed E-state index contributed by atoms with van der Waals surface area (Å²) in [4.78, 5) is 58.6. The van der Waals surface area contributed by atoms with Gasteiger partial charge in [-0.15, -0.1) is 0 Å². The van der Waals surface area contributed by atoms with Crippen LogP contribution < -0.4 is 20.6 Å². The quantitative estimate of drug-likeness (QED) is 0.190. The lowest BCUT2D eigenvalue weighted by atomic mass is 9.94. The molecule has 0 bridgehead atoms. The number of amides is 1. The number of carbonyl (C=O) groups is 5. The molecule has 0 aliphatic carbocycles. The summed E-state index contributed by atoms with van der Waals surface area (Å²) >= 11 is 0. The van der Waals surface area contributed by atoms with Gasteiger partial charge in [0.15, 0.2) is 0 Å². The van der Waals surface area contributed by atoms with Gasteiger partial charge < -0.3 is 34.9 Å². The third-order valence-corrected chi connectivity index (χ3v) is 6.35. The molecule has 5 N–H and O–H groups in total. The van der Waals surface area contributed by atoms with Crippen LogP contribution in [-0.2, 0) is 23.9 Å². The maximum absolute atomic E-state index is 12.2. The van der Waals surface area contributed by atoms with Crippen LogP contribution in [0.5, 0.6) is 11.5 Å². The molecule has 0 radical (unpaired) electrons. The number of carboxylic acid groups (broad SMARTS) is 2. The Hall–Kier alpha value is -5.92. The molecule has 0 saturated heterocycles. The van der Waals surface area contributed by atoms with Gasteiger partial charge in [0.05, 0.1) is 31.1 Å². The van der Waals surface area contributed by atoms with Crippen molar-refractivity contribution < 1.29 is 53.1 Å². The summed E-state index contributed by atoms with van der Waals surface area (Å²) in [5, 5.41) is 22.8. The molecule has 3 aromatic rings. The smallest absolute Gasteiger partial charge is 0.349 e. The lowest BCUT2D eigenvalue weighted by Crippen LogP contribution is -2.45. The van der Waals surface area contributed by atoms with Crippen molar-refractivity contribution in [2.45, 2.75) is 25.6 Å². The molecule has 3 aromatic carbocycles. The number of nitrogens with zero attached hydrogens (tertiary/aromatic N) is 1. The first kappa shape index (κ1) is 33.6. The van der Waals surface area contributed by atoms with Gasteiger partial charge in [-0.1, -0.05) is 19.1 Å². The van der Waals surface area contributed by atoms with Gasteiger partial charge in [-0.3, -0.25) is 4.79 Å². The number of nitrogen functional groups attached to an aromatic ring is 1. The summed E-state index contributed by atoms with van der Waals surface area (Å²) in [5.74, 6) is -4.81. The van der Waals surface area contributed by atoms with Crippen LogP contribution in [0.25, 0.3) is 0 Å². The minimum absolute atomic E-state index is 0.0262. The van der Waals surface area contributed by atoms with Crippen molar-refractivity contribution in [1.29, 1.82) is 0 Å². The fraction of sp³-hybridized carbons (Fsp3) is 0.226. The normalized spacial score (nSPS) is 15.0. The average molecular weight is 622 g/mol. The Bertz CT molecular complexity index is 1480. The molecule has 0 aromatic heterocycles. The Labute approximate surface area is 257 Å². The van der Waals surface area contributed by atoms with Crippen LogP contribution in [0.4, 0.5) is 5.69 Å². The first-order chi connectivity index (χ1) is 21.4. The van der Waals surface area contributed by atoms with E-state index in [1.807, 2.05) is 31.2 Å². The van der Waals surface area contributed by atoms with E-state index in [1.54, 1.807) is 0 Å². The van der Waals surface area contributed by atoms with Crippen molar-refractivity contribution in [2.24, 2.45) is 11.0 Å². The molecule has 4 rings (SSSR count). The van der Waals surface area contributed by atoms with E-state index in [1.165, 1.54) is 62.8 Å². The van der Waals surface area contributed by atoms with Gasteiger partial charge >= 0.3 is 23.9 Å². The Morgan fingerprint density at radius 1 is 0.778 bits per heavy atom. The fourth-order valence-corrected chi connectivity index (χ4v) is 3.96. The van der Waals surface area contributed by atoms with Gasteiger partial charge in [-0.2, -0.15) is 5.10 Å². The van der Waals surface area contributed by atoms with Crippen molar-refractivity contribution >= 4 is 41.2 Å². The lowest BCUT2D eigenvalue weighted by Gasteiger charge is -2.21. The maximum Gasteiger partial charge on any atom is 0.349 e. The number of ether oxygens (including phenoxy) is 4. The van der Waals surface area contributed by atoms with Crippen LogP contribution in [0.2, 0.25) is 0 Å². The number of carbonyl (C=O) groups excluding carboxylic acids is 3. The molecular formula is C31H31N3O11. The van der Waals surface area contributed by atoms with Gasteiger partial charge in [-0.05, 0) is 66.2 Å². The topological polar surface area (TPSA) is 213 Å². The summed E-state index contributed by atoms with van der Waals surface area (Å²) in [7, 11) is 2.84. The molecule has 0 spiro atoms. The van der Waals surface area contributed by atoms with Gasteiger partial charge in [-0.25, -0.2) is 24.6 Å². The molecule has 236 valence electrons. The van der Waals surface area contributed by atoms with Gasteiger partial charge in [0.2, 0.25) is 18.1 Å². The zero-order valence-corrected chi connectivity index (χ0v) is 24.5. The second-order valence-electron chi connectivity index (χ2n) is 9.54. The predicted octanol–water partition coefficient (Wildman–Crippen LogP) is 2.75. The van der Waals surface area contributed by atoms with Crippen molar-refractivity contribution in [3.05, 3.63) is 89.5 Å². The number of carboxylic acids is 2. The number of benzene rings is 3. The van der Waals surface area contributed by atoms with E-state index < -0.39 is 36.1 Å². The molecule has 14 nitrogen and oxygen atoms in total. The number of hydrazone groups is 1. The van der Waals surface area contributed by atoms with E-state index in [9.17, 15) is 34.2 Å². The molecule has 1 aliphatic rings. The van der Waals surface area contributed by atoms with E-state index in [0.717, 1.165) is 17.0 Å². The average Bonchev–Trinajstić information content (AvgIpc) is 3.03. The van der Waals surface area contributed by atoms with Crippen LogP contribution in [0, 0.1) is 5.92 Å². The van der Waals surface area contributed by atoms with Crippen LogP contribution in [0.15, 0.2) is 77.9 Å². The number of methoxy groups -OCH3 is 2. The maximum atomic E-state index is 12.2. The number of nitrogens with one attached hydrogen (secondary N) is 1. The summed E-state index contributed by atoms with van der Waals surface area (Å²) in [6.45, 7) is 1.99. The molecule has 1 aliphatic heterocycles. The second-order valence-corrected chi connectivity index (χ2v) is 9.54. The monoisotopic (exact) mass is 621 g/mol. The molecular weight excluding hydrogens is 590 g/mol. The Balaban J connectivity index is 0.000000305. The van der Waals surface area contributed by atoms with E-state index >= 15 is 0 Å². The highest BCUT2D eigenvalue weighted by molar-refractivity contribution is 6.05. The highest BCUT2D eigenvalue weighted by Gasteiger charge is 2.41. The number of hydrogen-bond acceptors (Lipinski definition) is 11. The zero-order chi connectivity index (χ0) is 33.1. The van der Waals surface area contributed by atoms with Crippen molar-refractivity contribution in [2.75, 3.05) is 20.0 Å². The predicted molar refractivity (Wildman–Crippen MR) is 159 cm³/mol. The molecule has 0 unspecified atom stereocenters. The first-order valence-electron chi connectivity index (χ1n) is 13.3. The lowest BCUT2D eigenvalue weighted by molar-refractivity contribution is -0.166. The number of rotatable bonds is 10. The molecule has 45 heavy (non-hydrogen) atoms. The van der Waals surface area contributed by atoms with Gasteiger partial charge in [0.25, 0.3) is 0 Å². The Morgan fingerprint density at radius 3 is 1.56 bits per heavy atom. The van der Waals surface area contributed by atoms with Crippen LogP contribution >= 0.6 is 0 Å². The molecule has 0 saturated carbocycles. The number of aliphatic carboxylic acids is 2. The largest absolute Gasteiger partial charge is 0.497 e. The highest BCUT2D eigenvalue weighted by atomic mass is 16.6. The Morgan fingerprint density at radius 2 is 1.20 bits per heavy atom. The van der Waals surface area contributed by atoms with Gasteiger partial charge in [0, 0.05) is 18.0 Å². The number of anilines is 1. The summed E-state index contributed by atoms with van der Waals surface area (Å²) in [6, 6.07) is 18.5. The number of nitrogens with two attached hydrogens (primary N) is 1. The van der Waals surface area contributed by atoms with E-state index in [2.05, 4.69) is 10.5 Å². The highest BCUT2D eigenvalue weighted by Crippen LogP contribution is 2.19. The van der Waals surface area contributed by atoms with Crippen molar-refractivity contribution in [3.63, 3.8) is 0 Å². The zero-order valence-electron chi connectivity index (χ0n) is 24.5. The third-order valence-electron chi connectivity index (χ3n) is 6.35. The second kappa shape index (κ2) is 15.5.